The highest BCUT2D eigenvalue weighted by atomic mass is 79.9. The van der Waals surface area contributed by atoms with Crippen molar-refractivity contribution in [2.24, 2.45) is 5.73 Å². The minimum Gasteiger partial charge on any atom is -0.324 e. The van der Waals surface area contributed by atoms with Crippen molar-refractivity contribution in [2.75, 3.05) is 0 Å². The van der Waals surface area contributed by atoms with E-state index in [1.165, 1.54) is 11.1 Å². The Morgan fingerprint density at radius 2 is 1.85 bits per heavy atom. The normalized spacial score (nSPS) is 12.9. The minimum absolute atomic E-state index is 0.0674. The second-order valence-electron chi connectivity index (χ2n) is 5.49. The minimum atomic E-state index is -0.0674. The highest BCUT2D eigenvalue weighted by Gasteiger charge is 2.15. The van der Waals surface area contributed by atoms with E-state index in [-0.39, 0.29) is 6.04 Å². The van der Waals surface area contributed by atoms with E-state index < -0.39 is 0 Å². The second-order valence-corrected chi connectivity index (χ2v) is 6.29. The fourth-order valence-electron chi connectivity index (χ4n) is 2.36. The van der Waals surface area contributed by atoms with Gasteiger partial charge in [0.1, 0.15) is 12.2 Å². The SMILES string of the molecule is Cc1cc(C(N)Cc2ncnn2C(C)C)cc(C)c1Br. The van der Waals surface area contributed by atoms with E-state index in [2.05, 4.69) is 65.8 Å². The summed E-state index contributed by atoms with van der Waals surface area (Å²) in [6, 6.07) is 4.51. The molecule has 2 rings (SSSR count). The van der Waals surface area contributed by atoms with Crippen molar-refractivity contribution >= 4 is 15.9 Å². The first-order valence-electron chi connectivity index (χ1n) is 6.80. The molecule has 0 spiro atoms. The van der Waals surface area contributed by atoms with Gasteiger partial charge < -0.3 is 5.73 Å². The molecule has 2 aromatic rings. The molecule has 0 fully saturated rings. The number of nitrogens with two attached hydrogens (primary N) is 1. The Bertz CT molecular complexity index is 581. The lowest BCUT2D eigenvalue weighted by Gasteiger charge is -2.16. The van der Waals surface area contributed by atoms with E-state index in [0.29, 0.717) is 12.5 Å². The van der Waals surface area contributed by atoms with E-state index in [9.17, 15) is 0 Å². The van der Waals surface area contributed by atoms with Gasteiger partial charge in [0.15, 0.2) is 0 Å². The topological polar surface area (TPSA) is 56.7 Å². The summed E-state index contributed by atoms with van der Waals surface area (Å²) in [5.41, 5.74) is 9.91. The zero-order valence-electron chi connectivity index (χ0n) is 12.4. The third kappa shape index (κ3) is 3.10. The average Bonchev–Trinajstić information content (AvgIpc) is 2.83. The number of nitrogens with zero attached hydrogens (tertiary/aromatic N) is 3. The molecule has 20 heavy (non-hydrogen) atoms. The second kappa shape index (κ2) is 6.06. The molecule has 1 atom stereocenters. The molecule has 0 bridgehead atoms. The average molecular weight is 337 g/mol. The highest BCUT2D eigenvalue weighted by molar-refractivity contribution is 9.10. The van der Waals surface area contributed by atoms with Crippen molar-refractivity contribution < 1.29 is 0 Å². The molecule has 0 saturated heterocycles. The van der Waals surface area contributed by atoms with Crippen molar-refractivity contribution in [1.82, 2.24) is 14.8 Å². The van der Waals surface area contributed by atoms with Crippen LogP contribution in [0.25, 0.3) is 0 Å². The van der Waals surface area contributed by atoms with Crippen LogP contribution in [0.2, 0.25) is 0 Å². The predicted octanol–water partition coefficient (Wildman–Crippen LogP) is 3.48. The Hall–Kier alpha value is -1.20. The van der Waals surface area contributed by atoms with Crippen LogP contribution in [0, 0.1) is 13.8 Å². The quantitative estimate of drug-likeness (QED) is 0.929. The molecule has 0 aliphatic carbocycles. The number of aryl methyl sites for hydroxylation is 2. The Labute approximate surface area is 128 Å². The molecule has 2 N–H and O–H groups in total. The molecular weight excluding hydrogens is 316 g/mol. The van der Waals surface area contributed by atoms with Gasteiger partial charge in [-0.1, -0.05) is 28.1 Å². The van der Waals surface area contributed by atoms with Gasteiger partial charge in [0, 0.05) is 23.0 Å². The summed E-state index contributed by atoms with van der Waals surface area (Å²) in [5.74, 6) is 0.936. The Kier molecular flexibility index (Phi) is 4.60. The molecule has 5 heteroatoms. The summed E-state index contributed by atoms with van der Waals surface area (Å²) in [5, 5.41) is 4.25. The Balaban J connectivity index is 2.24. The highest BCUT2D eigenvalue weighted by Crippen LogP contribution is 2.26. The number of benzene rings is 1. The van der Waals surface area contributed by atoms with Gasteiger partial charge >= 0.3 is 0 Å². The fourth-order valence-corrected chi connectivity index (χ4v) is 2.59. The first-order chi connectivity index (χ1) is 9.40. The largest absolute Gasteiger partial charge is 0.324 e. The molecule has 4 nitrogen and oxygen atoms in total. The van der Waals surface area contributed by atoms with E-state index in [1.54, 1.807) is 6.33 Å². The predicted molar refractivity (Wildman–Crippen MR) is 84.7 cm³/mol. The number of aromatic nitrogens is 3. The smallest absolute Gasteiger partial charge is 0.138 e. The van der Waals surface area contributed by atoms with Crippen LogP contribution in [-0.2, 0) is 6.42 Å². The van der Waals surface area contributed by atoms with E-state index in [1.807, 2.05) is 4.68 Å². The summed E-state index contributed by atoms with van der Waals surface area (Å²) >= 11 is 3.59. The molecule has 1 aromatic heterocycles. The molecule has 0 amide bonds. The van der Waals surface area contributed by atoms with Crippen LogP contribution in [-0.4, -0.2) is 14.8 Å². The van der Waals surface area contributed by atoms with Gasteiger partial charge in [-0.25, -0.2) is 9.67 Å². The third-order valence-corrected chi connectivity index (χ3v) is 4.68. The van der Waals surface area contributed by atoms with Crippen LogP contribution >= 0.6 is 15.9 Å². The third-order valence-electron chi connectivity index (χ3n) is 3.43. The van der Waals surface area contributed by atoms with Gasteiger partial charge in [0.2, 0.25) is 0 Å². The molecule has 0 aliphatic rings. The lowest BCUT2D eigenvalue weighted by atomic mass is 9.99. The van der Waals surface area contributed by atoms with Crippen molar-refractivity contribution in [2.45, 2.75) is 46.2 Å². The maximum atomic E-state index is 6.35. The molecule has 0 radical (unpaired) electrons. The maximum Gasteiger partial charge on any atom is 0.138 e. The van der Waals surface area contributed by atoms with Gasteiger partial charge in [0.25, 0.3) is 0 Å². The lowest BCUT2D eigenvalue weighted by molar-refractivity contribution is 0.493. The fraction of sp³-hybridized carbons (Fsp3) is 0.467. The Morgan fingerprint density at radius 1 is 1.25 bits per heavy atom. The summed E-state index contributed by atoms with van der Waals surface area (Å²) in [7, 11) is 0. The van der Waals surface area contributed by atoms with Crippen molar-refractivity contribution in [3.05, 3.63) is 45.4 Å². The zero-order chi connectivity index (χ0) is 14.9. The van der Waals surface area contributed by atoms with E-state index in [0.717, 1.165) is 15.9 Å². The van der Waals surface area contributed by atoms with Crippen LogP contribution in [0.15, 0.2) is 22.9 Å². The van der Waals surface area contributed by atoms with Gasteiger partial charge in [-0.3, -0.25) is 0 Å². The van der Waals surface area contributed by atoms with Gasteiger partial charge in [-0.2, -0.15) is 5.10 Å². The molecule has 1 heterocycles. The molecule has 0 saturated carbocycles. The monoisotopic (exact) mass is 336 g/mol. The molecule has 1 aromatic carbocycles. The van der Waals surface area contributed by atoms with Gasteiger partial charge in [-0.05, 0) is 44.4 Å². The summed E-state index contributed by atoms with van der Waals surface area (Å²) in [4.78, 5) is 4.33. The first-order valence-corrected chi connectivity index (χ1v) is 7.60. The van der Waals surface area contributed by atoms with Crippen LogP contribution in [0.4, 0.5) is 0 Å². The van der Waals surface area contributed by atoms with Crippen molar-refractivity contribution in [1.29, 1.82) is 0 Å². The molecule has 108 valence electrons. The summed E-state index contributed by atoms with van der Waals surface area (Å²) < 4.78 is 3.08. The van der Waals surface area contributed by atoms with Gasteiger partial charge in [-0.15, -0.1) is 0 Å². The van der Waals surface area contributed by atoms with Crippen molar-refractivity contribution in [3.8, 4) is 0 Å². The van der Waals surface area contributed by atoms with Crippen LogP contribution in [0.1, 0.15) is 48.4 Å². The number of halogens is 1. The molecular formula is C15H21BrN4. The maximum absolute atomic E-state index is 6.35. The summed E-state index contributed by atoms with van der Waals surface area (Å²) in [6.45, 7) is 8.36. The van der Waals surface area contributed by atoms with Crippen LogP contribution < -0.4 is 5.73 Å². The lowest BCUT2D eigenvalue weighted by Crippen LogP contribution is -2.18. The molecule has 1 unspecified atom stereocenters. The number of hydrogen-bond acceptors (Lipinski definition) is 3. The summed E-state index contributed by atoms with van der Waals surface area (Å²) in [6.07, 6.45) is 2.29. The van der Waals surface area contributed by atoms with Crippen LogP contribution in [0.5, 0.6) is 0 Å². The van der Waals surface area contributed by atoms with Gasteiger partial charge in [0.05, 0.1) is 0 Å². The number of rotatable bonds is 4. The Morgan fingerprint density at radius 3 is 2.40 bits per heavy atom. The number of hydrogen-bond donors (Lipinski definition) is 1. The standard InChI is InChI=1S/C15H21BrN4/c1-9(2)20-14(18-8-19-20)7-13(17)12-5-10(3)15(16)11(4)6-12/h5-6,8-9,13H,7,17H2,1-4H3. The van der Waals surface area contributed by atoms with E-state index in [4.69, 9.17) is 5.73 Å². The first kappa shape index (κ1) is 15.2. The molecule has 0 aliphatic heterocycles. The van der Waals surface area contributed by atoms with Crippen LogP contribution in [0.3, 0.4) is 0 Å². The van der Waals surface area contributed by atoms with E-state index >= 15 is 0 Å². The zero-order valence-corrected chi connectivity index (χ0v) is 14.0. The van der Waals surface area contributed by atoms with Crippen molar-refractivity contribution in [3.63, 3.8) is 0 Å².